The first-order chi connectivity index (χ1) is 9.61. The molecule has 104 valence electrons. The van der Waals surface area contributed by atoms with E-state index in [0.29, 0.717) is 0 Å². The zero-order chi connectivity index (χ0) is 14.5. The largest absolute Gasteiger partial charge is 0.325 e. The second-order valence-electron chi connectivity index (χ2n) is 4.13. The summed E-state index contributed by atoms with van der Waals surface area (Å²) in [6.45, 7) is 0. The summed E-state index contributed by atoms with van der Waals surface area (Å²) in [6, 6.07) is 11.8. The first kappa shape index (κ1) is 14.9. The molecule has 2 rings (SSSR count). The molecule has 5 heteroatoms. The third kappa shape index (κ3) is 3.52. The Morgan fingerprint density at radius 1 is 1.25 bits per heavy atom. The van der Waals surface area contributed by atoms with Crippen LogP contribution in [0.1, 0.15) is 5.56 Å². The monoisotopic (exact) mass is 309 g/mol. The van der Waals surface area contributed by atoms with Crippen molar-refractivity contribution >= 4 is 35.0 Å². The lowest BCUT2D eigenvalue weighted by atomic mass is 10.1. The van der Waals surface area contributed by atoms with Crippen LogP contribution in [0.5, 0.6) is 0 Å². The van der Waals surface area contributed by atoms with Crippen LogP contribution in [0.25, 0.3) is 0 Å². The fourth-order valence-corrected chi connectivity index (χ4v) is 2.59. The van der Waals surface area contributed by atoms with Crippen LogP contribution in [0.4, 0.5) is 10.1 Å². The number of carbonyl (C=O) groups excluding carboxylic acids is 1. The van der Waals surface area contributed by atoms with E-state index in [1.807, 2.05) is 30.5 Å². The highest BCUT2D eigenvalue weighted by Crippen LogP contribution is 2.25. The van der Waals surface area contributed by atoms with Crippen molar-refractivity contribution in [2.45, 2.75) is 11.3 Å². The predicted molar refractivity (Wildman–Crippen MR) is 82.0 cm³/mol. The molecule has 0 fully saturated rings. The molecular weight excluding hydrogens is 297 g/mol. The van der Waals surface area contributed by atoms with E-state index in [4.69, 9.17) is 11.6 Å². The molecule has 0 aromatic heterocycles. The van der Waals surface area contributed by atoms with Crippen molar-refractivity contribution in [2.75, 3.05) is 11.6 Å². The van der Waals surface area contributed by atoms with Crippen molar-refractivity contribution in [3.8, 4) is 0 Å². The van der Waals surface area contributed by atoms with Gasteiger partial charge in [0.05, 0.1) is 12.1 Å². The van der Waals surface area contributed by atoms with Gasteiger partial charge in [0.15, 0.2) is 0 Å². The average molecular weight is 310 g/mol. The minimum atomic E-state index is -0.467. The van der Waals surface area contributed by atoms with E-state index in [2.05, 4.69) is 5.32 Å². The zero-order valence-corrected chi connectivity index (χ0v) is 12.4. The van der Waals surface area contributed by atoms with Gasteiger partial charge in [-0.1, -0.05) is 29.8 Å². The number of amides is 1. The second kappa shape index (κ2) is 6.77. The fraction of sp³-hybridized carbons (Fsp3) is 0.133. The Bertz CT molecular complexity index is 613. The number of para-hydroxylation sites is 1. The van der Waals surface area contributed by atoms with Gasteiger partial charge in [0.2, 0.25) is 5.91 Å². The molecule has 1 N–H and O–H groups in total. The molecule has 2 nitrogen and oxygen atoms in total. The second-order valence-corrected chi connectivity index (χ2v) is 5.38. The number of halogens is 2. The number of hydrogen-bond acceptors (Lipinski definition) is 2. The van der Waals surface area contributed by atoms with Crippen LogP contribution in [0.3, 0.4) is 0 Å². The predicted octanol–water partition coefficient (Wildman–Crippen LogP) is 4.38. The van der Waals surface area contributed by atoms with Gasteiger partial charge in [-0.2, -0.15) is 0 Å². The third-order valence-corrected chi connectivity index (χ3v) is 3.93. The minimum absolute atomic E-state index is 0.0891. The summed E-state index contributed by atoms with van der Waals surface area (Å²) in [4.78, 5) is 13.0. The molecule has 0 bridgehead atoms. The standard InChI is InChI=1S/C15H13ClFNOS/c1-20-14-8-3-2-7-13(14)18-15(19)9-10-11(16)5-4-6-12(10)17/h2-8H,9H2,1H3,(H,18,19). The smallest absolute Gasteiger partial charge is 0.228 e. The van der Waals surface area contributed by atoms with Gasteiger partial charge in [-0.15, -0.1) is 11.8 Å². The first-order valence-electron chi connectivity index (χ1n) is 5.97. The van der Waals surface area contributed by atoms with Crippen LogP contribution in [0, 0.1) is 5.82 Å². The third-order valence-electron chi connectivity index (χ3n) is 2.78. The van der Waals surface area contributed by atoms with Crippen molar-refractivity contribution in [1.82, 2.24) is 0 Å². The lowest BCUT2D eigenvalue weighted by Crippen LogP contribution is -2.16. The summed E-state index contributed by atoms with van der Waals surface area (Å²) >= 11 is 7.45. The quantitative estimate of drug-likeness (QED) is 0.849. The molecule has 20 heavy (non-hydrogen) atoms. The molecule has 2 aromatic rings. The molecule has 0 saturated heterocycles. The number of anilines is 1. The van der Waals surface area contributed by atoms with Gasteiger partial charge in [-0.25, -0.2) is 4.39 Å². The van der Waals surface area contributed by atoms with Gasteiger partial charge in [-0.3, -0.25) is 4.79 Å². The molecular formula is C15H13ClFNOS. The van der Waals surface area contributed by atoms with E-state index in [0.717, 1.165) is 10.6 Å². The molecule has 0 aliphatic rings. The Morgan fingerprint density at radius 3 is 2.70 bits per heavy atom. The van der Waals surface area contributed by atoms with Gasteiger partial charge in [0, 0.05) is 15.5 Å². The van der Waals surface area contributed by atoms with E-state index in [1.54, 1.807) is 6.07 Å². The molecule has 0 radical (unpaired) electrons. The Hall–Kier alpha value is -1.52. The molecule has 0 atom stereocenters. The van der Waals surface area contributed by atoms with Crippen molar-refractivity contribution in [3.63, 3.8) is 0 Å². The Kier molecular flexibility index (Phi) is 5.04. The summed E-state index contributed by atoms with van der Waals surface area (Å²) in [7, 11) is 0. The molecule has 0 spiro atoms. The van der Waals surface area contributed by atoms with Crippen molar-refractivity contribution in [3.05, 3.63) is 58.9 Å². The van der Waals surface area contributed by atoms with Crippen molar-refractivity contribution in [2.24, 2.45) is 0 Å². The highest BCUT2D eigenvalue weighted by molar-refractivity contribution is 7.98. The SMILES string of the molecule is CSc1ccccc1NC(=O)Cc1c(F)cccc1Cl. The van der Waals surface area contributed by atoms with E-state index in [1.165, 1.54) is 23.9 Å². The summed E-state index contributed by atoms with van der Waals surface area (Å²) in [5, 5.41) is 3.04. The number of hydrogen-bond donors (Lipinski definition) is 1. The number of carbonyl (C=O) groups is 1. The average Bonchev–Trinajstić information content (AvgIpc) is 2.44. The molecule has 0 aliphatic heterocycles. The molecule has 0 unspecified atom stereocenters. The molecule has 0 heterocycles. The van der Waals surface area contributed by atoms with E-state index in [-0.39, 0.29) is 22.9 Å². The highest BCUT2D eigenvalue weighted by Gasteiger charge is 2.13. The maximum atomic E-state index is 13.6. The van der Waals surface area contributed by atoms with Crippen molar-refractivity contribution in [1.29, 1.82) is 0 Å². The topological polar surface area (TPSA) is 29.1 Å². The summed E-state index contributed by atoms with van der Waals surface area (Å²) in [5.41, 5.74) is 0.936. The summed E-state index contributed by atoms with van der Waals surface area (Å²) < 4.78 is 13.6. The molecule has 1 amide bonds. The zero-order valence-electron chi connectivity index (χ0n) is 10.8. The van der Waals surface area contributed by atoms with Crippen LogP contribution in [-0.4, -0.2) is 12.2 Å². The van der Waals surface area contributed by atoms with Crippen LogP contribution >= 0.6 is 23.4 Å². The van der Waals surface area contributed by atoms with Crippen molar-refractivity contribution < 1.29 is 9.18 Å². The lowest BCUT2D eigenvalue weighted by molar-refractivity contribution is -0.115. The lowest BCUT2D eigenvalue weighted by Gasteiger charge is -2.10. The highest BCUT2D eigenvalue weighted by atomic mass is 35.5. The Labute approximate surface area is 126 Å². The van der Waals surface area contributed by atoms with Gasteiger partial charge < -0.3 is 5.32 Å². The summed E-state index contributed by atoms with van der Waals surface area (Å²) in [5.74, 6) is -0.760. The van der Waals surface area contributed by atoms with Crippen LogP contribution in [-0.2, 0) is 11.2 Å². The van der Waals surface area contributed by atoms with Crippen LogP contribution in [0.15, 0.2) is 47.4 Å². The van der Waals surface area contributed by atoms with Gasteiger partial charge in [0.1, 0.15) is 5.82 Å². The van der Waals surface area contributed by atoms with Crippen LogP contribution in [0.2, 0.25) is 5.02 Å². The molecule has 0 saturated carbocycles. The van der Waals surface area contributed by atoms with E-state index >= 15 is 0 Å². The van der Waals surface area contributed by atoms with Gasteiger partial charge in [0.25, 0.3) is 0 Å². The van der Waals surface area contributed by atoms with Gasteiger partial charge in [-0.05, 0) is 30.5 Å². The number of nitrogens with one attached hydrogen (secondary N) is 1. The number of thioether (sulfide) groups is 1. The Morgan fingerprint density at radius 2 is 2.00 bits per heavy atom. The van der Waals surface area contributed by atoms with Crippen LogP contribution < -0.4 is 5.32 Å². The maximum absolute atomic E-state index is 13.6. The normalized spacial score (nSPS) is 10.3. The minimum Gasteiger partial charge on any atom is -0.325 e. The molecule has 2 aromatic carbocycles. The first-order valence-corrected chi connectivity index (χ1v) is 7.58. The number of rotatable bonds is 4. The van der Waals surface area contributed by atoms with Gasteiger partial charge >= 0.3 is 0 Å². The van der Waals surface area contributed by atoms with E-state index < -0.39 is 5.82 Å². The Balaban J connectivity index is 2.13. The van der Waals surface area contributed by atoms with E-state index in [9.17, 15) is 9.18 Å². The molecule has 0 aliphatic carbocycles. The summed E-state index contributed by atoms with van der Waals surface area (Å²) in [6.07, 6.45) is 1.84. The maximum Gasteiger partial charge on any atom is 0.228 e. The fourth-order valence-electron chi connectivity index (χ4n) is 1.80. The number of benzene rings is 2.